The molecule has 3 rings (SSSR count). The van der Waals surface area contributed by atoms with Crippen molar-refractivity contribution in [3.05, 3.63) is 83.7 Å². The van der Waals surface area contributed by atoms with Crippen LogP contribution in [0.5, 0.6) is 0 Å². The average Bonchev–Trinajstić information content (AvgIpc) is 3.07. The lowest BCUT2D eigenvalue weighted by Gasteiger charge is -2.06. The van der Waals surface area contributed by atoms with Gasteiger partial charge in [-0.05, 0) is 12.1 Å². The lowest BCUT2D eigenvalue weighted by Crippen LogP contribution is -2.10. The summed E-state index contributed by atoms with van der Waals surface area (Å²) in [5.41, 5.74) is 1.63. The van der Waals surface area contributed by atoms with Crippen molar-refractivity contribution >= 4 is 11.8 Å². The van der Waals surface area contributed by atoms with Gasteiger partial charge in [0.05, 0.1) is 12.8 Å². The third kappa shape index (κ3) is 2.89. The minimum atomic E-state index is -0.582. The zero-order valence-electron chi connectivity index (χ0n) is 12.5. The summed E-state index contributed by atoms with van der Waals surface area (Å²) in [6.45, 7) is 0. The van der Waals surface area contributed by atoms with Gasteiger partial charge in [0, 0.05) is 11.6 Å². The molecule has 0 unspecified atom stereocenters. The molecule has 0 bridgehead atoms. The number of para-hydroxylation sites is 1. The summed E-state index contributed by atoms with van der Waals surface area (Å²) in [5.74, 6) is -0.793. The maximum atomic E-state index is 12.8. The number of aromatic nitrogens is 2. The molecule has 1 aromatic heterocycles. The van der Waals surface area contributed by atoms with Gasteiger partial charge in [-0.25, -0.2) is 9.48 Å². The van der Waals surface area contributed by atoms with Gasteiger partial charge in [0.15, 0.2) is 5.69 Å². The first-order valence-electron chi connectivity index (χ1n) is 7.04. The SMILES string of the molecule is COC(=O)c1cc(C(=O)c2ccccc2)n(-c2ccccc2)n1. The number of carbonyl (C=O) groups is 2. The van der Waals surface area contributed by atoms with E-state index in [4.69, 9.17) is 4.74 Å². The summed E-state index contributed by atoms with van der Waals surface area (Å²) in [5, 5.41) is 4.22. The largest absolute Gasteiger partial charge is 0.464 e. The van der Waals surface area contributed by atoms with E-state index in [-0.39, 0.29) is 11.5 Å². The molecule has 23 heavy (non-hydrogen) atoms. The van der Waals surface area contributed by atoms with Crippen LogP contribution in [0, 0.1) is 0 Å². The van der Waals surface area contributed by atoms with Gasteiger partial charge >= 0.3 is 5.97 Å². The molecule has 0 aliphatic carbocycles. The van der Waals surface area contributed by atoms with Gasteiger partial charge in [0.25, 0.3) is 0 Å². The second-order valence-corrected chi connectivity index (χ2v) is 4.85. The van der Waals surface area contributed by atoms with Gasteiger partial charge in [0.1, 0.15) is 5.69 Å². The second-order valence-electron chi connectivity index (χ2n) is 4.85. The quantitative estimate of drug-likeness (QED) is 0.549. The first kappa shape index (κ1) is 14.7. The number of hydrogen-bond acceptors (Lipinski definition) is 4. The molecule has 0 saturated heterocycles. The van der Waals surface area contributed by atoms with Crippen LogP contribution in [0.4, 0.5) is 0 Å². The highest BCUT2D eigenvalue weighted by molar-refractivity contribution is 6.09. The zero-order chi connectivity index (χ0) is 16.2. The fourth-order valence-corrected chi connectivity index (χ4v) is 2.25. The standard InChI is InChI=1S/C18H14N2O3/c1-23-18(22)15-12-16(17(21)13-8-4-2-5-9-13)20(19-15)14-10-6-3-7-11-14/h2-12H,1H3. The minimum Gasteiger partial charge on any atom is -0.464 e. The Hall–Kier alpha value is -3.21. The van der Waals surface area contributed by atoms with Crippen LogP contribution >= 0.6 is 0 Å². The molecular formula is C18H14N2O3. The van der Waals surface area contributed by atoms with Gasteiger partial charge in [-0.1, -0.05) is 48.5 Å². The number of esters is 1. The highest BCUT2D eigenvalue weighted by Gasteiger charge is 2.21. The maximum Gasteiger partial charge on any atom is 0.358 e. The fraction of sp³-hybridized carbons (Fsp3) is 0.0556. The molecule has 2 aromatic carbocycles. The van der Waals surface area contributed by atoms with Crippen molar-refractivity contribution in [2.75, 3.05) is 7.11 Å². The number of ketones is 1. The smallest absolute Gasteiger partial charge is 0.358 e. The molecule has 0 atom stereocenters. The summed E-state index contributed by atoms with van der Waals surface area (Å²) < 4.78 is 6.16. The molecule has 0 aliphatic heterocycles. The van der Waals surface area contributed by atoms with Gasteiger partial charge in [-0.15, -0.1) is 0 Å². The Labute approximate surface area is 133 Å². The van der Waals surface area contributed by atoms with Crippen molar-refractivity contribution in [1.29, 1.82) is 0 Å². The van der Waals surface area contributed by atoms with Crippen molar-refractivity contribution in [3.8, 4) is 5.69 Å². The molecule has 0 saturated carbocycles. The van der Waals surface area contributed by atoms with Gasteiger partial charge in [0.2, 0.25) is 5.78 Å². The Balaban J connectivity index is 2.13. The number of hydrogen-bond donors (Lipinski definition) is 0. The first-order valence-corrected chi connectivity index (χ1v) is 7.04. The van der Waals surface area contributed by atoms with Crippen molar-refractivity contribution in [3.63, 3.8) is 0 Å². The van der Waals surface area contributed by atoms with Crippen molar-refractivity contribution < 1.29 is 14.3 Å². The van der Waals surface area contributed by atoms with Crippen LogP contribution in [0.25, 0.3) is 5.69 Å². The fourth-order valence-electron chi connectivity index (χ4n) is 2.25. The van der Waals surface area contributed by atoms with Crippen LogP contribution in [-0.2, 0) is 4.74 Å². The summed E-state index contributed by atoms with van der Waals surface area (Å²) in [7, 11) is 1.28. The van der Waals surface area contributed by atoms with Crippen LogP contribution in [0.15, 0.2) is 66.7 Å². The topological polar surface area (TPSA) is 61.2 Å². The Bertz CT molecular complexity index is 839. The van der Waals surface area contributed by atoms with Crippen LogP contribution in [0.3, 0.4) is 0 Å². The third-order valence-electron chi connectivity index (χ3n) is 3.37. The molecule has 5 heteroatoms. The van der Waals surface area contributed by atoms with Gasteiger partial charge in [-0.2, -0.15) is 5.10 Å². The first-order chi connectivity index (χ1) is 11.2. The number of rotatable bonds is 4. The van der Waals surface area contributed by atoms with Crippen LogP contribution in [-0.4, -0.2) is 28.6 Å². The summed E-state index contributed by atoms with van der Waals surface area (Å²) in [6.07, 6.45) is 0. The predicted molar refractivity (Wildman–Crippen MR) is 84.8 cm³/mol. The zero-order valence-corrected chi connectivity index (χ0v) is 12.5. The molecule has 0 aliphatic rings. The Morgan fingerprint density at radius 3 is 2.17 bits per heavy atom. The molecule has 0 radical (unpaired) electrons. The average molecular weight is 306 g/mol. The molecule has 5 nitrogen and oxygen atoms in total. The molecule has 0 N–H and O–H groups in total. The van der Waals surface area contributed by atoms with Crippen molar-refractivity contribution in [2.45, 2.75) is 0 Å². The number of benzene rings is 2. The molecular weight excluding hydrogens is 292 g/mol. The summed E-state index contributed by atoms with van der Waals surface area (Å²) >= 11 is 0. The Morgan fingerprint density at radius 1 is 0.957 bits per heavy atom. The number of carbonyl (C=O) groups excluding carboxylic acids is 2. The predicted octanol–water partition coefficient (Wildman–Crippen LogP) is 2.89. The van der Waals surface area contributed by atoms with Crippen molar-refractivity contribution in [1.82, 2.24) is 9.78 Å². The van der Waals surface area contributed by atoms with E-state index in [1.54, 1.807) is 24.3 Å². The monoisotopic (exact) mass is 306 g/mol. The van der Waals surface area contributed by atoms with Gasteiger partial charge in [-0.3, -0.25) is 4.79 Å². The van der Waals surface area contributed by atoms with E-state index in [0.717, 1.165) is 0 Å². The molecule has 3 aromatic rings. The number of ether oxygens (including phenoxy) is 1. The molecule has 0 spiro atoms. The highest BCUT2D eigenvalue weighted by atomic mass is 16.5. The summed E-state index contributed by atoms with van der Waals surface area (Å²) in [4.78, 5) is 24.5. The molecule has 1 heterocycles. The van der Waals surface area contributed by atoms with E-state index in [1.165, 1.54) is 17.9 Å². The van der Waals surface area contributed by atoms with E-state index in [0.29, 0.717) is 16.9 Å². The van der Waals surface area contributed by atoms with Crippen LogP contribution in [0.1, 0.15) is 26.5 Å². The Morgan fingerprint density at radius 2 is 1.57 bits per heavy atom. The minimum absolute atomic E-state index is 0.0932. The van der Waals surface area contributed by atoms with E-state index < -0.39 is 5.97 Å². The lowest BCUT2D eigenvalue weighted by molar-refractivity contribution is 0.0593. The van der Waals surface area contributed by atoms with E-state index in [2.05, 4.69) is 5.10 Å². The van der Waals surface area contributed by atoms with E-state index in [9.17, 15) is 9.59 Å². The summed E-state index contributed by atoms with van der Waals surface area (Å²) in [6, 6.07) is 19.5. The molecule has 0 fully saturated rings. The van der Waals surface area contributed by atoms with Crippen LogP contribution < -0.4 is 0 Å². The molecule has 0 amide bonds. The van der Waals surface area contributed by atoms with Gasteiger partial charge < -0.3 is 4.74 Å². The van der Waals surface area contributed by atoms with Crippen LogP contribution in [0.2, 0.25) is 0 Å². The van der Waals surface area contributed by atoms with E-state index >= 15 is 0 Å². The van der Waals surface area contributed by atoms with Crippen molar-refractivity contribution in [2.24, 2.45) is 0 Å². The second kappa shape index (κ2) is 6.27. The molecule has 114 valence electrons. The normalized spacial score (nSPS) is 10.3. The lowest BCUT2D eigenvalue weighted by atomic mass is 10.1. The number of methoxy groups -OCH3 is 1. The third-order valence-corrected chi connectivity index (χ3v) is 3.37. The maximum absolute atomic E-state index is 12.8. The Kier molecular flexibility index (Phi) is 4.01. The highest BCUT2D eigenvalue weighted by Crippen LogP contribution is 2.17. The van der Waals surface area contributed by atoms with E-state index in [1.807, 2.05) is 36.4 Å². The number of nitrogens with zero attached hydrogens (tertiary/aromatic N) is 2.